The molecule has 0 spiro atoms. The minimum atomic E-state index is 0.00835. The SMILES string of the molecule is CCc1cc(-c2c[nH]c(=S)n2-c2cccc(-n3cccc3)c2)c(O)cc1O. The van der Waals surface area contributed by atoms with Crippen molar-refractivity contribution in [3.8, 4) is 34.1 Å². The zero-order valence-electron chi connectivity index (χ0n) is 14.8. The molecule has 0 radical (unpaired) electrons. The molecule has 2 aromatic carbocycles. The van der Waals surface area contributed by atoms with Gasteiger partial charge in [0.15, 0.2) is 4.77 Å². The molecule has 3 N–H and O–H groups in total. The van der Waals surface area contributed by atoms with Crippen LogP contribution < -0.4 is 0 Å². The Morgan fingerprint density at radius 3 is 2.44 bits per heavy atom. The number of aromatic nitrogens is 3. The fraction of sp³-hybridized carbons (Fsp3) is 0.0952. The van der Waals surface area contributed by atoms with Crippen molar-refractivity contribution in [3.63, 3.8) is 0 Å². The third-order valence-electron chi connectivity index (χ3n) is 4.62. The van der Waals surface area contributed by atoms with E-state index in [0.717, 1.165) is 22.6 Å². The molecular weight excluding hydrogens is 358 g/mol. The molecule has 6 heteroatoms. The van der Waals surface area contributed by atoms with Crippen LogP contribution in [0.3, 0.4) is 0 Å². The zero-order valence-corrected chi connectivity index (χ0v) is 15.6. The van der Waals surface area contributed by atoms with Gasteiger partial charge in [0.25, 0.3) is 0 Å². The van der Waals surface area contributed by atoms with Crippen molar-refractivity contribution in [2.45, 2.75) is 13.3 Å². The Morgan fingerprint density at radius 2 is 1.70 bits per heavy atom. The van der Waals surface area contributed by atoms with Crippen molar-refractivity contribution in [1.29, 1.82) is 0 Å². The van der Waals surface area contributed by atoms with E-state index in [-0.39, 0.29) is 11.5 Å². The fourth-order valence-corrected chi connectivity index (χ4v) is 3.50. The van der Waals surface area contributed by atoms with Crippen molar-refractivity contribution >= 4 is 12.2 Å². The van der Waals surface area contributed by atoms with E-state index < -0.39 is 0 Å². The number of phenols is 2. The molecule has 27 heavy (non-hydrogen) atoms. The van der Waals surface area contributed by atoms with Gasteiger partial charge in [0, 0.05) is 35.9 Å². The lowest BCUT2D eigenvalue weighted by Gasteiger charge is -2.13. The summed E-state index contributed by atoms with van der Waals surface area (Å²) in [7, 11) is 0. The van der Waals surface area contributed by atoms with Crippen LogP contribution in [0.15, 0.2) is 67.1 Å². The van der Waals surface area contributed by atoms with Crippen molar-refractivity contribution in [3.05, 3.63) is 77.5 Å². The molecule has 0 aliphatic heterocycles. The van der Waals surface area contributed by atoms with Crippen molar-refractivity contribution in [1.82, 2.24) is 14.1 Å². The summed E-state index contributed by atoms with van der Waals surface area (Å²) in [5.41, 5.74) is 4.01. The lowest BCUT2D eigenvalue weighted by atomic mass is 10.0. The van der Waals surface area contributed by atoms with Gasteiger partial charge < -0.3 is 19.8 Å². The molecule has 4 aromatic rings. The lowest BCUT2D eigenvalue weighted by molar-refractivity contribution is 0.447. The summed E-state index contributed by atoms with van der Waals surface area (Å²) >= 11 is 5.50. The molecule has 0 fully saturated rings. The number of aromatic hydroxyl groups is 2. The van der Waals surface area contributed by atoms with Gasteiger partial charge in [-0.1, -0.05) is 13.0 Å². The minimum Gasteiger partial charge on any atom is -0.508 e. The molecule has 0 aliphatic rings. The third kappa shape index (κ3) is 3.04. The summed E-state index contributed by atoms with van der Waals surface area (Å²) in [5, 5.41) is 20.4. The molecule has 2 aromatic heterocycles. The highest BCUT2D eigenvalue weighted by molar-refractivity contribution is 7.71. The van der Waals surface area contributed by atoms with E-state index in [2.05, 4.69) is 4.98 Å². The van der Waals surface area contributed by atoms with Gasteiger partial charge in [-0.05, 0) is 60.6 Å². The molecule has 0 bridgehead atoms. The topological polar surface area (TPSA) is 66.1 Å². The number of nitrogens with one attached hydrogen (secondary N) is 1. The standard InChI is InChI=1S/C21H19N3O2S/c1-2-14-10-17(20(26)12-19(14)25)18-13-22-21(27)24(18)16-7-5-6-15(11-16)23-8-3-4-9-23/h3-13,25-26H,2H2,1H3,(H,22,27). The Hall–Kier alpha value is -3.25. The highest BCUT2D eigenvalue weighted by Gasteiger charge is 2.15. The van der Waals surface area contributed by atoms with Gasteiger partial charge in [-0.25, -0.2) is 0 Å². The second-order valence-electron chi connectivity index (χ2n) is 6.28. The number of aromatic amines is 1. The number of hydrogen-bond acceptors (Lipinski definition) is 3. The molecule has 0 saturated carbocycles. The maximum absolute atomic E-state index is 10.4. The second kappa shape index (κ2) is 6.81. The van der Waals surface area contributed by atoms with Gasteiger partial charge in [0.2, 0.25) is 0 Å². The Morgan fingerprint density at radius 1 is 0.963 bits per heavy atom. The van der Waals surface area contributed by atoms with E-state index in [1.165, 1.54) is 6.07 Å². The number of benzene rings is 2. The van der Waals surface area contributed by atoms with Crippen LogP contribution >= 0.6 is 12.2 Å². The second-order valence-corrected chi connectivity index (χ2v) is 6.66. The third-order valence-corrected chi connectivity index (χ3v) is 4.92. The van der Waals surface area contributed by atoms with Crippen LogP contribution in [0, 0.1) is 4.77 Å². The number of phenolic OH excluding ortho intramolecular Hbond substituents is 2. The largest absolute Gasteiger partial charge is 0.508 e. The molecular formula is C21H19N3O2S. The monoisotopic (exact) mass is 377 g/mol. The zero-order chi connectivity index (χ0) is 19.0. The molecule has 0 saturated heterocycles. The van der Waals surface area contributed by atoms with Gasteiger partial charge in [-0.15, -0.1) is 0 Å². The quantitative estimate of drug-likeness (QED) is 0.440. The molecule has 136 valence electrons. The maximum atomic E-state index is 10.4. The average Bonchev–Trinajstić information content (AvgIpc) is 3.32. The van der Waals surface area contributed by atoms with Gasteiger partial charge in [0.05, 0.1) is 11.4 Å². The maximum Gasteiger partial charge on any atom is 0.182 e. The number of nitrogens with zero attached hydrogens (tertiary/aromatic N) is 2. The molecule has 5 nitrogen and oxygen atoms in total. The number of aryl methyl sites for hydroxylation is 1. The van der Waals surface area contributed by atoms with Gasteiger partial charge in [0.1, 0.15) is 11.5 Å². The van der Waals surface area contributed by atoms with Crippen LogP contribution in [0.1, 0.15) is 12.5 Å². The van der Waals surface area contributed by atoms with Crippen LogP contribution in [0.5, 0.6) is 11.5 Å². The lowest BCUT2D eigenvalue weighted by Crippen LogP contribution is -1.99. The summed E-state index contributed by atoms with van der Waals surface area (Å²) in [6.07, 6.45) is 6.40. The molecule has 0 unspecified atom stereocenters. The van der Waals surface area contributed by atoms with Gasteiger partial charge in [-0.3, -0.25) is 4.57 Å². The molecule has 4 rings (SSSR count). The number of imidazole rings is 1. The number of rotatable bonds is 4. The van der Waals surface area contributed by atoms with Crippen molar-refractivity contribution in [2.75, 3.05) is 0 Å². The van der Waals surface area contributed by atoms with E-state index in [9.17, 15) is 10.2 Å². The van der Waals surface area contributed by atoms with Crippen molar-refractivity contribution in [2.24, 2.45) is 0 Å². The molecule has 0 aliphatic carbocycles. The van der Waals surface area contributed by atoms with E-state index in [1.54, 1.807) is 12.3 Å². The smallest absolute Gasteiger partial charge is 0.182 e. The van der Waals surface area contributed by atoms with Crippen LogP contribution in [0.2, 0.25) is 0 Å². The summed E-state index contributed by atoms with van der Waals surface area (Å²) < 4.78 is 4.43. The molecule has 0 amide bonds. The first-order chi connectivity index (χ1) is 13.1. The molecule has 0 atom stereocenters. The Kier molecular flexibility index (Phi) is 4.33. The minimum absolute atomic E-state index is 0.00835. The summed E-state index contributed by atoms with van der Waals surface area (Å²) in [6.45, 7) is 1.96. The summed E-state index contributed by atoms with van der Waals surface area (Å²) in [6, 6.07) is 15.1. The van der Waals surface area contributed by atoms with Crippen LogP contribution in [0.4, 0.5) is 0 Å². The normalized spacial score (nSPS) is 11.0. The Labute approximate surface area is 161 Å². The fourth-order valence-electron chi connectivity index (χ4n) is 3.23. The number of hydrogen-bond donors (Lipinski definition) is 3. The first kappa shape index (κ1) is 17.2. The number of H-pyrrole nitrogens is 1. The predicted molar refractivity (Wildman–Crippen MR) is 108 cm³/mol. The average molecular weight is 377 g/mol. The van der Waals surface area contributed by atoms with E-state index in [0.29, 0.717) is 16.8 Å². The van der Waals surface area contributed by atoms with Crippen LogP contribution in [-0.2, 0) is 6.42 Å². The summed E-state index contributed by atoms with van der Waals surface area (Å²) in [5.74, 6) is 0.100. The van der Waals surface area contributed by atoms with Gasteiger partial charge in [-0.2, -0.15) is 0 Å². The predicted octanol–water partition coefficient (Wildman–Crippen LogP) is 4.97. The molecule has 2 heterocycles. The van der Waals surface area contributed by atoms with Gasteiger partial charge >= 0.3 is 0 Å². The van der Waals surface area contributed by atoms with E-state index >= 15 is 0 Å². The van der Waals surface area contributed by atoms with E-state index in [4.69, 9.17) is 12.2 Å². The Bertz CT molecular complexity index is 1160. The first-order valence-corrected chi connectivity index (χ1v) is 9.08. The highest BCUT2D eigenvalue weighted by atomic mass is 32.1. The first-order valence-electron chi connectivity index (χ1n) is 8.68. The van der Waals surface area contributed by atoms with E-state index in [1.807, 2.05) is 64.8 Å². The highest BCUT2D eigenvalue weighted by Crippen LogP contribution is 2.36. The summed E-state index contributed by atoms with van der Waals surface area (Å²) in [4.78, 5) is 3.07. The Balaban J connectivity index is 1.90. The van der Waals surface area contributed by atoms with Crippen molar-refractivity contribution < 1.29 is 10.2 Å². The van der Waals surface area contributed by atoms with Crippen LogP contribution in [0.25, 0.3) is 22.6 Å². The van der Waals surface area contributed by atoms with Crippen LogP contribution in [-0.4, -0.2) is 24.3 Å².